The highest BCUT2D eigenvalue weighted by Crippen LogP contribution is 2.46. The van der Waals surface area contributed by atoms with Crippen molar-refractivity contribution in [3.63, 3.8) is 0 Å². The summed E-state index contributed by atoms with van der Waals surface area (Å²) < 4.78 is 11.5. The van der Waals surface area contributed by atoms with Crippen molar-refractivity contribution in [3.8, 4) is 11.5 Å². The number of likely N-dealkylation sites (tertiary alicyclic amines) is 1. The molecule has 2 aliphatic rings. The van der Waals surface area contributed by atoms with Crippen LogP contribution in [0.15, 0.2) is 18.2 Å². The van der Waals surface area contributed by atoms with E-state index in [1.165, 1.54) is 12.0 Å². The summed E-state index contributed by atoms with van der Waals surface area (Å²) in [6.07, 6.45) is 2.18. The first kappa shape index (κ1) is 12.8. The summed E-state index contributed by atoms with van der Waals surface area (Å²) >= 11 is 0. The minimum absolute atomic E-state index is 0.584. The lowest BCUT2D eigenvalue weighted by atomic mass is 9.78. The third-order valence-electron chi connectivity index (χ3n) is 4.36. The molecule has 2 atom stereocenters. The number of nitrogens with zero attached hydrogens (tertiary/aromatic N) is 1. The first-order chi connectivity index (χ1) is 9.33. The maximum atomic E-state index is 5.94. The SMILES string of the molecule is [CH2]CCN1CC[C@H]2c3c(OC)cccc3OC[C@@H]2C1. The molecule has 1 aromatic rings. The molecule has 2 aliphatic heterocycles. The molecule has 0 unspecified atom stereocenters. The number of ether oxygens (including phenoxy) is 2. The van der Waals surface area contributed by atoms with Gasteiger partial charge in [-0.2, -0.15) is 0 Å². The first-order valence-corrected chi connectivity index (χ1v) is 7.14. The van der Waals surface area contributed by atoms with E-state index in [0.717, 1.165) is 44.2 Å². The third-order valence-corrected chi connectivity index (χ3v) is 4.36. The highest BCUT2D eigenvalue weighted by atomic mass is 16.5. The Bertz CT molecular complexity index is 432. The quantitative estimate of drug-likeness (QED) is 0.834. The lowest BCUT2D eigenvalue weighted by molar-refractivity contribution is 0.0925. The second kappa shape index (κ2) is 5.41. The normalized spacial score (nSPS) is 26.2. The predicted octanol–water partition coefficient (Wildman–Crippen LogP) is 2.72. The van der Waals surface area contributed by atoms with Crippen LogP contribution in [0.3, 0.4) is 0 Å². The molecule has 0 amide bonds. The van der Waals surface area contributed by atoms with Gasteiger partial charge in [-0.25, -0.2) is 0 Å². The lowest BCUT2D eigenvalue weighted by Crippen LogP contribution is -2.44. The maximum Gasteiger partial charge on any atom is 0.126 e. The second-order valence-corrected chi connectivity index (χ2v) is 5.49. The zero-order valence-electron chi connectivity index (χ0n) is 11.6. The summed E-state index contributed by atoms with van der Waals surface area (Å²) in [6, 6.07) is 6.12. The van der Waals surface area contributed by atoms with Gasteiger partial charge in [-0.15, -0.1) is 0 Å². The fourth-order valence-corrected chi connectivity index (χ4v) is 3.47. The van der Waals surface area contributed by atoms with Crippen LogP contribution in [0.5, 0.6) is 11.5 Å². The Morgan fingerprint density at radius 3 is 3.16 bits per heavy atom. The second-order valence-electron chi connectivity index (χ2n) is 5.49. The Balaban J connectivity index is 1.86. The van der Waals surface area contributed by atoms with Gasteiger partial charge in [0.15, 0.2) is 0 Å². The molecule has 103 valence electrons. The smallest absolute Gasteiger partial charge is 0.126 e. The van der Waals surface area contributed by atoms with Gasteiger partial charge in [0.1, 0.15) is 11.5 Å². The van der Waals surface area contributed by atoms with Gasteiger partial charge in [-0.3, -0.25) is 0 Å². The highest BCUT2D eigenvalue weighted by Gasteiger charge is 2.37. The molecular weight excluding hydrogens is 238 g/mol. The molecule has 2 heterocycles. The van der Waals surface area contributed by atoms with Crippen molar-refractivity contribution >= 4 is 0 Å². The van der Waals surface area contributed by atoms with Crippen molar-refractivity contribution in [2.24, 2.45) is 5.92 Å². The van der Waals surface area contributed by atoms with Crippen molar-refractivity contribution < 1.29 is 9.47 Å². The molecule has 0 saturated carbocycles. The Kier molecular flexibility index (Phi) is 3.65. The van der Waals surface area contributed by atoms with Crippen LogP contribution < -0.4 is 9.47 Å². The number of rotatable bonds is 3. The largest absolute Gasteiger partial charge is 0.496 e. The molecule has 0 spiro atoms. The Morgan fingerprint density at radius 1 is 1.47 bits per heavy atom. The fraction of sp³-hybridized carbons (Fsp3) is 0.562. The van der Waals surface area contributed by atoms with Crippen molar-refractivity contribution in [3.05, 3.63) is 30.7 Å². The average molecular weight is 260 g/mol. The van der Waals surface area contributed by atoms with Crippen LogP contribution in [0.25, 0.3) is 0 Å². The van der Waals surface area contributed by atoms with Crippen LogP contribution in [-0.4, -0.2) is 38.3 Å². The molecule has 0 aromatic heterocycles. The van der Waals surface area contributed by atoms with E-state index in [4.69, 9.17) is 9.47 Å². The number of hydrogen-bond acceptors (Lipinski definition) is 3. The van der Waals surface area contributed by atoms with Crippen LogP contribution in [0, 0.1) is 12.8 Å². The van der Waals surface area contributed by atoms with E-state index in [-0.39, 0.29) is 0 Å². The molecule has 1 saturated heterocycles. The summed E-state index contributed by atoms with van der Waals surface area (Å²) in [7, 11) is 1.75. The zero-order chi connectivity index (χ0) is 13.2. The molecule has 3 rings (SSSR count). The van der Waals surface area contributed by atoms with Crippen LogP contribution in [0.2, 0.25) is 0 Å². The summed E-state index contributed by atoms with van der Waals surface area (Å²) in [5.41, 5.74) is 1.29. The van der Waals surface area contributed by atoms with Crippen LogP contribution in [-0.2, 0) is 0 Å². The van der Waals surface area contributed by atoms with Gasteiger partial charge in [0.05, 0.1) is 13.7 Å². The van der Waals surface area contributed by atoms with E-state index in [9.17, 15) is 0 Å². The molecule has 19 heavy (non-hydrogen) atoms. The lowest BCUT2D eigenvalue weighted by Gasteiger charge is -2.42. The molecule has 1 radical (unpaired) electrons. The minimum atomic E-state index is 0.584. The third kappa shape index (κ3) is 2.32. The molecule has 3 nitrogen and oxygen atoms in total. The standard InChI is InChI=1S/C16H22NO2/c1-3-8-17-9-7-13-12(10-17)11-19-15-6-4-5-14(18-2)16(13)15/h4-6,12-13H,1,3,7-11H2,2H3/t12-,13+/m0/s1. The predicted molar refractivity (Wildman–Crippen MR) is 75.8 cm³/mol. The van der Waals surface area contributed by atoms with Crippen molar-refractivity contribution in [1.82, 2.24) is 4.90 Å². The van der Waals surface area contributed by atoms with Gasteiger partial charge in [0.25, 0.3) is 0 Å². The molecule has 1 aromatic carbocycles. The highest BCUT2D eigenvalue weighted by molar-refractivity contribution is 5.49. The summed E-state index contributed by atoms with van der Waals surface area (Å²) in [4.78, 5) is 2.51. The van der Waals surface area contributed by atoms with E-state index in [1.54, 1.807) is 7.11 Å². The molecule has 3 heteroatoms. The van der Waals surface area contributed by atoms with Crippen LogP contribution in [0.4, 0.5) is 0 Å². The Labute approximate surface area is 115 Å². The van der Waals surface area contributed by atoms with Gasteiger partial charge >= 0.3 is 0 Å². The van der Waals surface area contributed by atoms with Crippen LogP contribution >= 0.6 is 0 Å². The van der Waals surface area contributed by atoms with Crippen molar-refractivity contribution in [2.75, 3.05) is 33.4 Å². The average Bonchev–Trinajstić information content (AvgIpc) is 2.46. The fourth-order valence-electron chi connectivity index (χ4n) is 3.47. The maximum absolute atomic E-state index is 5.94. The molecular formula is C16H22NO2. The molecule has 1 fully saturated rings. The topological polar surface area (TPSA) is 21.7 Å². The zero-order valence-corrected chi connectivity index (χ0v) is 11.6. The van der Waals surface area contributed by atoms with E-state index in [2.05, 4.69) is 17.9 Å². The number of hydrogen-bond donors (Lipinski definition) is 0. The van der Waals surface area contributed by atoms with Gasteiger partial charge in [0.2, 0.25) is 0 Å². The number of fused-ring (bicyclic) bond motifs is 3. The minimum Gasteiger partial charge on any atom is -0.496 e. The Morgan fingerprint density at radius 2 is 2.37 bits per heavy atom. The van der Waals surface area contributed by atoms with Crippen molar-refractivity contribution in [2.45, 2.75) is 18.8 Å². The van der Waals surface area contributed by atoms with E-state index in [0.29, 0.717) is 11.8 Å². The number of piperidine rings is 1. The van der Waals surface area contributed by atoms with Crippen molar-refractivity contribution in [1.29, 1.82) is 0 Å². The summed E-state index contributed by atoms with van der Waals surface area (Å²) in [5.74, 6) is 3.18. The van der Waals surface area contributed by atoms with Gasteiger partial charge in [-0.1, -0.05) is 13.0 Å². The molecule has 0 aliphatic carbocycles. The number of methoxy groups -OCH3 is 1. The van der Waals surface area contributed by atoms with Crippen LogP contribution in [0.1, 0.15) is 24.3 Å². The van der Waals surface area contributed by atoms with E-state index < -0.39 is 0 Å². The van der Waals surface area contributed by atoms with E-state index >= 15 is 0 Å². The monoisotopic (exact) mass is 260 g/mol. The molecule has 0 bridgehead atoms. The summed E-state index contributed by atoms with van der Waals surface area (Å²) in [5, 5.41) is 0. The van der Waals surface area contributed by atoms with Gasteiger partial charge in [-0.05, 0) is 44.0 Å². The first-order valence-electron chi connectivity index (χ1n) is 7.14. The summed E-state index contributed by atoms with van der Waals surface area (Å²) in [6.45, 7) is 8.17. The van der Waals surface area contributed by atoms with Gasteiger partial charge < -0.3 is 14.4 Å². The Hall–Kier alpha value is -1.22. The van der Waals surface area contributed by atoms with E-state index in [1.807, 2.05) is 12.1 Å². The number of benzene rings is 1. The van der Waals surface area contributed by atoms with Gasteiger partial charge in [0, 0.05) is 18.0 Å². The molecule has 0 N–H and O–H groups in total.